The summed E-state index contributed by atoms with van der Waals surface area (Å²) in [5.74, 6) is 0.635. The van der Waals surface area contributed by atoms with Gasteiger partial charge in [-0.05, 0) is 38.7 Å². The molecular formula is C15H23N3S. The van der Waals surface area contributed by atoms with E-state index in [9.17, 15) is 0 Å². The topological polar surface area (TPSA) is 42.1 Å². The van der Waals surface area contributed by atoms with Gasteiger partial charge in [-0.25, -0.2) is 0 Å². The maximum Gasteiger partial charge on any atom is 0.107 e. The number of rotatable bonds is 3. The molecule has 2 heterocycles. The van der Waals surface area contributed by atoms with Crippen LogP contribution >= 0.6 is 12.2 Å². The van der Waals surface area contributed by atoms with Crippen molar-refractivity contribution >= 4 is 22.9 Å². The van der Waals surface area contributed by atoms with E-state index in [0.717, 1.165) is 23.5 Å². The predicted octanol–water partition coefficient (Wildman–Crippen LogP) is 2.96. The van der Waals surface area contributed by atoms with E-state index in [1.165, 1.54) is 18.5 Å². The molecule has 1 unspecified atom stereocenters. The van der Waals surface area contributed by atoms with Crippen LogP contribution in [0, 0.1) is 19.8 Å². The Morgan fingerprint density at radius 2 is 2.16 bits per heavy atom. The van der Waals surface area contributed by atoms with Gasteiger partial charge in [0, 0.05) is 24.0 Å². The lowest BCUT2D eigenvalue weighted by atomic mass is 10.0. The first-order valence-electron chi connectivity index (χ1n) is 6.96. The fourth-order valence-electron chi connectivity index (χ4n) is 3.12. The van der Waals surface area contributed by atoms with E-state index in [4.69, 9.17) is 18.0 Å². The third kappa shape index (κ3) is 2.73. The summed E-state index contributed by atoms with van der Waals surface area (Å²) in [7, 11) is 0. The summed E-state index contributed by atoms with van der Waals surface area (Å²) < 4.78 is 0. The molecule has 1 aromatic heterocycles. The van der Waals surface area contributed by atoms with E-state index < -0.39 is 0 Å². The Labute approximate surface area is 121 Å². The molecule has 0 saturated carbocycles. The Morgan fingerprint density at radius 3 is 2.74 bits per heavy atom. The number of aryl methyl sites for hydroxylation is 2. The van der Waals surface area contributed by atoms with Crippen molar-refractivity contribution < 1.29 is 0 Å². The number of nitrogens with two attached hydrogens (primary N) is 1. The average Bonchev–Trinajstić information content (AvgIpc) is 2.75. The first-order chi connectivity index (χ1) is 8.91. The van der Waals surface area contributed by atoms with Crippen molar-refractivity contribution in [3.8, 4) is 0 Å². The molecule has 0 bridgehead atoms. The maximum atomic E-state index is 5.92. The van der Waals surface area contributed by atoms with Gasteiger partial charge in [-0.2, -0.15) is 0 Å². The van der Waals surface area contributed by atoms with Crippen molar-refractivity contribution in [1.82, 2.24) is 4.98 Å². The lowest BCUT2D eigenvalue weighted by Gasteiger charge is -2.32. The highest BCUT2D eigenvalue weighted by Crippen LogP contribution is 2.33. The van der Waals surface area contributed by atoms with Crippen molar-refractivity contribution in [2.24, 2.45) is 11.7 Å². The largest absolute Gasteiger partial charge is 0.389 e. The standard InChI is InChI=1S/C15H23N3S/c1-9(2)12-6-5-7-18(12)13-8-10(3)17-11(4)14(13)15(16)19/h8-9,12H,5-7H2,1-4H3,(H2,16,19). The summed E-state index contributed by atoms with van der Waals surface area (Å²) in [5.41, 5.74) is 10.0. The second kappa shape index (κ2) is 5.45. The molecule has 0 spiro atoms. The van der Waals surface area contributed by atoms with Crippen molar-refractivity contribution in [2.75, 3.05) is 11.4 Å². The first-order valence-corrected chi connectivity index (χ1v) is 7.37. The quantitative estimate of drug-likeness (QED) is 0.863. The third-order valence-electron chi connectivity index (χ3n) is 3.93. The van der Waals surface area contributed by atoms with Gasteiger partial charge in [0.25, 0.3) is 0 Å². The zero-order valence-electron chi connectivity index (χ0n) is 12.2. The van der Waals surface area contributed by atoms with E-state index in [-0.39, 0.29) is 0 Å². The number of nitrogens with zero attached hydrogens (tertiary/aromatic N) is 2. The molecule has 0 radical (unpaired) electrons. The Bertz CT molecular complexity index is 496. The van der Waals surface area contributed by atoms with Crippen molar-refractivity contribution in [3.05, 3.63) is 23.0 Å². The molecule has 1 aliphatic heterocycles. The fourth-order valence-corrected chi connectivity index (χ4v) is 3.38. The van der Waals surface area contributed by atoms with Crippen LogP contribution in [0.4, 0.5) is 5.69 Å². The Hall–Kier alpha value is -1.16. The van der Waals surface area contributed by atoms with Crippen molar-refractivity contribution in [1.29, 1.82) is 0 Å². The minimum Gasteiger partial charge on any atom is -0.389 e. The van der Waals surface area contributed by atoms with Crippen LogP contribution in [0.1, 0.15) is 43.6 Å². The van der Waals surface area contributed by atoms with Crippen molar-refractivity contribution in [2.45, 2.75) is 46.6 Å². The van der Waals surface area contributed by atoms with Gasteiger partial charge in [-0.15, -0.1) is 0 Å². The lowest BCUT2D eigenvalue weighted by Crippen LogP contribution is -2.35. The van der Waals surface area contributed by atoms with Gasteiger partial charge in [0.05, 0.1) is 11.3 Å². The van der Waals surface area contributed by atoms with E-state index in [1.807, 2.05) is 13.8 Å². The van der Waals surface area contributed by atoms with Gasteiger partial charge in [0.15, 0.2) is 0 Å². The predicted molar refractivity (Wildman–Crippen MR) is 84.8 cm³/mol. The summed E-state index contributed by atoms with van der Waals surface area (Å²) in [6.07, 6.45) is 2.48. The second-order valence-electron chi connectivity index (χ2n) is 5.75. The van der Waals surface area contributed by atoms with Crippen LogP contribution in [-0.2, 0) is 0 Å². The summed E-state index contributed by atoms with van der Waals surface area (Å²) in [6.45, 7) is 9.67. The second-order valence-corrected chi connectivity index (χ2v) is 6.19. The molecule has 19 heavy (non-hydrogen) atoms. The molecule has 0 aliphatic carbocycles. The molecule has 1 fully saturated rings. The Morgan fingerprint density at radius 1 is 1.47 bits per heavy atom. The first kappa shape index (κ1) is 14.3. The molecule has 1 aliphatic rings. The van der Waals surface area contributed by atoms with Gasteiger partial charge in [0.2, 0.25) is 0 Å². The molecule has 1 aromatic rings. The van der Waals surface area contributed by atoms with Crippen LogP contribution in [0.5, 0.6) is 0 Å². The van der Waals surface area contributed by atoms with E-state index in [0.29, 0.717) is 16.9 Å². The highest BCUT2D eigenvalue weighted by Gasteiger charge is 2.29. The summed E-state index contributed by atoms with van der Waals surface area (Å²) >= 11 is 5.23. The number of anilines is 1. The normalized spacial score (nSPS) is 19.2. The van der Waals surface area contributed by atoms with Crippen LogP contribution in [0.2, 0.25) is 0 Å². The fraction of sp³-hybridized carbons (Fsp3) is 0.600. The maximum absolute atomic E-state index is 5.92. The molecule has 1 atom stereocenters. The molecule has 4 heteroatoms. The Kier molecular flexibility index (Phi) is 4.09. The minimum absolute atomic E-state index is 0.453. The van der Waals surface area contributed by atoms with Crippen LogP contribution < -0.4 is 10.6 Å². The molecule has 1 saturated heterocycles. The average molecular weight is 277 g/mol. The zero-order valence-corrected chi connectivity index (χ0v) is 13.0. The van der Waals surface area contributed by atoms with E-state index >= 15 is 0 Å². The van der Waals surface area contributed by atoms with Crippen LogP contribution in [0.25, 0.3) is 0 Å². The van der Waals surface area contributed by atoms with Crippen molar-refractivity contribution in [3.63, 3.8) is 0 Å². The molecule has 104 valence electrons. The van der Waals surface area contributed by atoms with Gasteiger partial charge < -0.3 is 10.6 Å². The Balaban J connectivity index is 2.51. The summed E-state index contributed by atoms with van der Waals surface area (Å²) in [6, 6.07) is 2.71. The molecule has 2 rings (SSSR count). The molecule has 2 N–H and O–H groups in total. The monoisotopic (exact) mass is 277 g/mol. The number of thiocarbonyl (C=S) groups is 1. The van der Waals surface area contributed by atoms with Gasteiger partial charge >= 0.3 is 0 Å². The lowest BCUT2D eigenvalue weighted by molar-refractivity contribution is 0.491. The van der Waals surface area contributed by atoms with Crippen LogP contribution in [0.15, 0.2) is 6.07 Å². The molecular weight excluding hydrogens is 254 g/mol. The number of hydrogen-bond acceptors (Lipinski definition) is 3. The van der Waals surface area contributed by atoms with Crippen LogP contribution in [0.3, 0.4) is 0 Å². The number of pyridine rings is 1. The molecule has 0 amide bonds. The SMILES string of the molecule is Cc1cc(N2CCCC2C(C)C)c(C(N)=S)c(C)n1. The third-order valence-corrected chi connectivity index (χ3v) is 4.14. The van der Waals surface area contributed by atoms with Gasteiger partial charge in [0.1, 0.15) is 4.99 Å². The van der Waals surface area contributed by atoms with Gasteiger partial charge in [-0.1, -0.05) is 26.1 Å². The van der Waals surface area contributed by atoms with Crippen LogP contribution in [-0.4, -0.2) is 22.6 Å². The summed E-state index contributed by atoms with van der Waals surface area (Å²) in [5, 5.41) is 0. The molecule has 3 nitrogen and oxygen atoms in total. The number of hydrogen-bond donors (Lipinski definition) is 1. The van der Waals surface area contributed by atoms with E-state index in [1.54, 1.807) is 0 Å². The highest BCUT2D eigenvalue weighted by molar-refractivity contribution is 7.80. The van der Waals surface area contributed by atoms with Gasteiger partial charge in [-0.3, -0.25) is 4.98 Å². The molecule has 0 aromatic carbocycles. The highest BCUT2D eigenvalue weighted by atomic mass is 32.1. The summed E-state index contributed by atoms with van der Waals surface area (Å²) in [4.78, 5) is 7.43. The smallest absolute Gasteiger partial charge is 0.107 e. The van der Waals surface area contributed by atoms with E-state index in [2.05, 4.69) is 29.8 Å². The number of aromatic nitrogens is 1. The minimum atomic E-state index is 0.453. The zero-order chi connectivity index (χ0) is 14.2.